The molecule has 7 nitrogen and oxygen atoms in total. The molecule has 134 valence electrons. The van der Waals surface area contributed by atoms with Crippen LogP contribution in [-0.2, 0) is 10.5 Å². The second-order valence-corrected chi connectivity index (χ2v) is 6.98. The van der Waals surface area contributed by atoms with Gasteiger partial charge in [-0.1, -0.05) is 9.95 Å². The summed E-state index contributed by atoms with van der Waals surface area (Å²) in [7, 11) is -5.08. The zero-order chi connectivity index (χ0) is 18.7. The molecule has 10 heteroatoms. The molecule has 1 aromatic heterocycles. The number of amides is 1. The van der Waals surface area contributed by atoms with E-state index in [-0.39, 0.29) is 11.7 Å². The molecule has 1 heterocycles. The monoisotopic (exact) mass is 439 g/mol. The fourth-order valence-electron chi connectivity index (χ4n) is 2.14. The lowest BCUT2D eigenvalue weighted by Crippen LogP contribution is -2.12. The van der Waals surface area contributed by atoms with E-state index >= 15 is 0 Å². The highest BCUT2D eigenvalue weighted by Gasteiger charge is 2.11. The van der Waals surface area contributed by atoms with Crippen LogP contribution in [0.4, 0.5) is 9.57 Å². The molecule has 1 amide bonds. The first kappa shape index (κ1) is 18.1. The lowest BCUT2D eigenvalue weighted by molar-refractivity contribution is 0.102. The van der Waals surface area contributed by atoms with Gasteiger partial charge in [-0.3, -0.25) is 4.79 Å². The zero-order valence-electron chi connectivity index (χ0n) is 13.0. The van der Waals surface area contributed by atoms with Crippen LogP contribution in [0.1, 0.15) is 10.4 Å². The van der Waals surface area contributed by atoms with E-state index < -0.39 is 10.5 Å². The van der Waals surface area contributed by atoms with Crippen molar-refractivity contribution < 1.29 is 21.3 Å². The molecule has 0 saturated heterocycles. The first-order valence-electron chi connectivity index (χ1n) is 7.16. The maximum atomic E-state index is 12.5. The van der Waals surface area contributed by atoms with Crippen molar-refractivity contribution in [1.29, 1.82) is 0 Å². The van der Waals surface area contributed by atoms with Crippen molar-refractivity contribution >= 4 is 38.0 Å². The van der Waals surface area contributed by atoms with E-state index in [1.165, 1.54) is 24.3 Å². The summed E-state index contributed by atoms with van der Waals surface area (Å²) in [5, 5.41) is 6.81. The van der Waals surface area contributed by atoms with Gasteiger partial charge in [0.15, 0.2) is 0 Å². The molecular weight excluding hydrogens is 429 g/mol. The van der Waals surface area contributed by atoms with Crippen LogP contribution in [0.15, 0.2) is 65.4 Å². The number of rotatable bonds is 5. The van der Waals surface area contributed by atoms with Gasteiger partial charge in [0.1, 0.15) is 5.75 Å². The van der Waals surface area contributed by atoms with Crippen molar-refractivity contribution in [2.45, 2.75) is 0 Å². The predicted molar refractivity (Wildman–Crippen MR) is 96.3 cm³/mol. The Morgan fingerprint density at radius 1 is 1.19 bits per heavy atom. The number of hydrogen-bond donors (Lipinski definition) is 1. The minimum absolute atomic E-state index is 0.197. The summed E-state index contributed by atoms with van der Waals surface area (Å²) in [5.41, 5.74) is 1.51. The van der Waals surface area contributed by atoms with Gasteiger partial charge in [0, 0.05) is 17.4 Å². The van der Waals surface area contributed by atoms with Crippen LogP contribution in [0.5, 0.6) is 5.75 Å². The normalized spacial score (nSPS) is 11.2. The molecule has 3 aromatic rings. The van der Waals surface area contributed by atoms with Crippen LogP contribution in [-0.4, -0.2) is 24.1 Å². The standard InChI is InChI=1S/C16H11BrFN3O4S/c17-12-9-19-21(10-12)14-3-1-2-11(8-14)16(22)20-13-4-6-15(7-5-13)25-26(18,23)24/h1-10H,(H,20,22). The van der Waals surface area contributed by atoms with E-state index in [1.807, 2.05) is 0 Å². The van der Waals surface area contributed by atoms with Crippen molar-refractivity contribution in [3.63, 3.8) is 0 Å². The number of hydrogen-bond acceptors (Lipinski definition) is 5. The first-order valence-corrected chi connectivity index (χ1v) is 9.26. The minimum atomic E-state index is -5.08. The Balaban J connectivity index is 1.74. The third-order valence-corrected chi connectivity index (χ3v) is 4.03. The Morgan fingerprint density at radius 3 is 2.54 bits per heavy atom. The lowest BCUT2D eigenvalue weighted by atomic mass is 10.2. The van der Waals surface area contributed by atoms with Gasteiger partial charge in [-0.25, -0.2) is 4.68 Å². The fraction of sp³-hybridized carbons (Fsp3) is 0. The van der Waals surface area contributed by atoms with Crippen molar-refractivity contribution in [2.24, 2.45) is 0 Å². The van der Waals surface area contributed by atoms with Crippen molar-refractivity contribution in [3.05, 3.63) is 71.0 Å². The molecule has 0 saturated carbocycles. The molecule has 3 rings (SSSR count). The van der Waals surface area contributed by atoms with Crippen LogP contribution in [0.2, 0.25) is 0 Å². The third-order valence-electron chi connectivity index (χ3n) is 3.23. The zero-order valence-corrected chi connectivity index (χ0v) is 15.4. The maximum Gasteiger partial charge on any atom is 0.488 e. The molecule has 0 aliphatic carbocycles. The number of anilines is 1. The number of carbonyl (C=O) groups is 1. The van der Waals surface area contributed by atoms with E-state index in [4.69, 9.17) is 0 Å². The summed E-state index contributed by atoms with van der Waals surface area (Å²) in [6.07, 6.45) is 3.39. The number of nitrogens with one attached hydrogen (secondary N) is 1. The summed E-state index contributed by atoms with van der Waals surface area (Å²) >= 11 is 3.31. The summed E-state index contributed by atoms with van der Waals surface area (Å²) in [4.78, 5) is 12.4. The largest absolute Gasteiger partial charge is 0.488 e. The van der Waals surface area contributed by atoms with Crippen LogP contribution < -0.4 is 9.50 Å². The molecule has 0 atom stereocenters. The van der Waals surface area contributed by atoms with Crippen LogP contribution in [0.3, 0.4) is 0 Å². The summed E-state index contributed by atoms with van der Waals surface area (Å²) in [6.45, 7) is 0. The molecule has 0 aliphatic heterocycles. The van der Waals surface area contributed by atoms with Gasteiger partial charge in [0.25, 0.3) is 5.91 Å². The van der Waals surface area contributed by atoms with Gasteiger partial charge in [0.05, 0.1) is 16.4 Å². The van der Waals surface area contributed by atoms with Gasteiger partial charge < -0.3 is 9.50 Å². The van der Waals surface area contributed by atoms with E-state index in [1.54, 1.807) is 41.3 Å². The Labute approximate surface area is 157 Å². The van der Waals surface area contributed by atoms with Crippen LogP contribution in [0, 0.1) is 0 Å². The molecule has 1 N–H and O–H groups in total. The Morgan fingerprint density at radius 2 is 1.92 bits per heavy atom. The Bertz CT molecular complexity index is 1050. The molecule has 0 radical (unpaired) electrons. The summed E-state index contributed by atoms with van der Waals surface area (Å²) in [5.74, 6) is -0.568. The second-order valence-electron chi connectivity index (χ2n) is 5.11. The second kappa shape index (κ2) is 7.26. The Hall–Kier alpha value is -2.72. The van der Waals surface area contributed by atoms with E-state index in [0.717, 1.165) is 4.47 Å². The smallest absolute Gasteiger partial charge is 0.358 e. The molecule has 0 bridgehead atoms. The average molecular weight is 440 g/mol. The van der Waals surface area contributed by atoms with Crippen LogP contribution in [0.25, 0.3) is 5.69 Å². The van der Waals surface area contributed by atoms with E-state index in [9.17, 15) is 17.1 Å². The molecule has 26 heavy (non-hydrogen) atoms. The molecule has 0 fully saturated rings. The summed E-state index contributed by atoms with van der Waals surface area (Å²) in [6, 6.07) is 12.1. The summed E-state index contributed by atoms with van der Waals surface area (Å²) < 4.78 is 39.8. The van der Waals surface area contributed by atoms with Crippen molar-refractivity contribution in [3.8, 4) is 11.4 Å². The number of halogens is 2. The minimum Gasteiger partial charge on any atom is -0.358 e. The maximum absolute atomic E-state index is 12.5. The number of aromatic nitrogens is 2. The predicted octanol–water partition coefficient (Wildman–Crippen LogP) is 3.48. The number of benzene rings is 2. The van der Waals surface area contributed by atoms with Gasteiger partial charge in [-0.05, 0) is 58.4 Å². The quantitative estimate of drug-likeness (QED) is 0.614. The first-order chi connectivity index (χ1) is 12.3. The third kappa shape index (κ3) is 4.67. The molecule has 0 spiro atoms. The lowest BCUT2D eigenvalue weighted by Gasteiger charge is -2.08. The van der Waals surface area contributed by atoms with E-state index in [0.29, 0.717) is 16.9 Å². The van der Waals surface area contributed by atoms with Gasteiger partial charge in [0.2, 0.25) is 0 Å². The molecular formula is C16H11BrFN3O4S. The van der Waals surface area contributed by atoms with Crippen molar-refractivity contribution in [2.75, 3.05) is 5.32 Å². The highest BCUT2D eigenvalue weighted by molar-refractivity contribution is 9.10. The Kier molecular flexibility index (Phi) is 5.05. The van der Waals surface area contributed by atoms with Gasteiger partial charge >= 0.3 is 10.5 Å². The van der Waals surface area contributed by atoms with Crippen molar-refractivity contribution in [1.82, 2.24) is 9.78 Å². The van der Waals surface area contributed by atoms with E-state index in [2.05, 4.69) is 30.5 Å². The molecule has 2 aromatic carbocycles. The van der Waals surface area contributed by atoms with Crippen LogP contribution >= 0.6 is 15.9 Å². The highest BCUT2D eigenvalue weighted by Crippen LogP contribution is 2.19. The number of carbonyl (C=O) groups excluding carboxylic acids is 1. The molecule has 0 aliphatic rings. The fourth-order valence-corrected chi connectivity index (χ4v) is 2.77. The average Bonchev–Trinajstić information content (AvgIpc) is 3.02. The van der Waals surface area contributed by atoms with Gasteiger partial charge in [-0.2, -0.15) is 13.5 Å². The topological polar surface area (TPSA) is 90.3 Å². The van der Waals surface area contributed by atoms with Gasteiger partial charge in [-0.15, -0.1) is 0 Å². The highest BCUT2D eigenvalue weighted by atomic mass is 79.9. The molecule has 0 unspecified atom stereocenters. The number of nitrogens with zero attached hydrogens (tertiary/aromatic N) is 2. The SMILES string of the molecule is O=C(Nc1ccc(OS(=O)(=O)F)cc1)c1cccc(-n2cc(Br)cn2)c1.